The Bertz CT molecular complexity index is 1070. The molecule has 9 heteroatoms. The maximum absolute atomic E-state index is 12.3. The van der Waals surface area contributed by atoms with Crippen LogP contribution in [0.15, 0.2) is 52.4 Å². The largest absolute Gasteiger partial charge is 0.868 e. The van der Waals surface area contributed by atoms with Crippen molar-refractivity contribution in [3.8, 4) is 5.75 Å². The van der Waals surface area contributed by atoms with Crippen LogP contribution in [0.5, 0.6) is 5.75 Å². The summed E-state index contributed by atoms with van der Waals surface area (Å²) in [6.07, 6.45) is 1.55. The molecule has 2 aliphatic rings. The lowest BCUT2D eigenvalue weighted by Crippen LogP contribution is -3.10. The van der Waals surface area contributed by atoms with Gasteiger partial charge in [-0.05, 0) is 47.7 Å². The maximum atomic E-state index is 12.3. The van der Waals surface area contributed by atoms with Crippen LogP contribution in [0, 0.1) is 17.0 Å². The summed E-state index contributed by atoms with van der Waals surface area (Å²) in [5.41, 5.74) is 2.44. The molecular weight excluding hydrogens is 404 g/mol. The van der Waals surface area contributed by atoms with Crippen LogP contribution in [-0.2, 0) is 4.79 Å². The molecular formula is C21H20N4O4S. The number of aliphatic imine (C=N–C) groups is 1. The van der Waals surface area contributed by atoms with E-state index in [-0.39, 0.29) is 5.91 Å². The van der Waals surface area contributed by atoms with Gasteiger partial charge < -0.3 is 10.0 Å². The number of carbonyl (C=O) groups is 1. The Hall–Kier alpha value is -3.17. The highest BCUT2D eigenvalue weighted by molar-refractivity contribution is 8.18. The van der Waals surface area contributed by atoms with Crippen LogP contribution in [0.3, 0.4) is 0 Å². The second-order valence-corrected chi connectivity index (χ2v) is 8.26. The second kappa shape index (κ2) is 8.29. The first-order chi connectivity index (χ1) is 14.4. The van der Waals surface area contributed by atoms with E-state index in [1.165, 1.54) is 40.0 Å². The molecule has 0 atom stereocenters. The number of carbonyl (C=O) groups excluding carboxylic acids is 1. The van der Waals surface area contributed by atoms with E-state index in [1.54, 1.807) is 6.08 Å². The molecule has 154 valence electrons. The van der Waals surface area contributed by atoms with E-state index >= 15 is 0 Å². The highest BCUT2D eigenvalue weighted by atomic mass is 32.2. The summed E-state index contributed by atoms with van der Waals surface area (Å²) in [5.74, 6) is -1.02. The monoisotopic (exact) mass is 424 g/mol. The molecule has 4 rings (SSSR count). The van der Waals surface area contributed by atoms with Crippen molar-refractivity contribution in [2.75, 3.05) is 26.2 Å². The van der Waals surface area contributed by atoms with Crippen molar-refractivity contribution in [3.63, 3.8) is 0 Å². The Morgan fingerprint density at radius 3 is 2.67 bits per heavy atom. The third-order valence-corrected chi connectivity index (χ3v) is 6.19. The lowest BCUT2D eigenvalue weighted by atomic mass is 10.1. The third-order valence-electron chi connectivity index (χ3n) is 5.15. The van der Waals surface area contributed by atoms with Gasteiger partial charge in [0.2, 0.25) is 0 Å². The standard InChI is InChI=1S/C21H20N4O4S/c1-14-3-2-4-16(11-14)23-7-9-24(10-8-23)21-22-20(27)19(30-21)13-15-5-6-18(26)17(12-15)25(28)29/h2-6,11-13,26H,7-10H2,1H3. The number of hydrogen-bond acceptors (Lipinski definition) is 6. The Labute approximate surface area is 177 Å². The topological polar surface area (TPSA) is 103 Å². The van der Waals surface area contributed by atoms with Crippen molar-refractivity contribution in [1.82, 2.24) is 4.90 Å². The number of quaternary nitrogens is 1. The van der Waals surface area contributed by atoms with Gasteiger partial charge in [0, 0.05) is 12.1 Å². The number of amides is 1. The molecule has 1 saturated heterocycles. The zero-order chi connectivity index (χ0) is 21.3. The first kappa shape index (κ1) is 20.1. The molecule has 0 radical (unpaired) electrons. The smallest absolute Gasteiger partial charge is 0.286 e. The van der Waals surface area contributed by atoms with Crippen LogP contribution in [0.1, 0.15) is 11.1 Å². The summed E-state index contributed by atoms with van der Waals surface area (Å²) in [6.45, 7) is 5.47. The van der Waals surface area contributed by atoms with Crippen LogP contribution in [0.2, 0.25) is 0 Å². The van der Waals surface area contributed by atoms with Crippen molar-refractivity contribution in [1.29, 1.82) is 0 Å². The van der Waals surface area contributed by atoms with E-state index in [1.807, 2.05) is 0 Å². The highest BCUT2D eigenvalue weighted by Gasteiger charge is 2.30. The summed E-state index contributed by atoms with van der Waals surface area (Å²) < 4.78 is 0. The Balaban J connectivity index is 1.43. The second-order valence-electron chi connectivity index (χ2n) is 7.25. The molecule has 1 N–H and O–H groups in total. The fourth-order valence-electron chi connectivity index (χ4n) is 3.57. The molecule has 2 aliphatic heterocycles. The van der Waals surface area contributed by atoms with Gasteiger partial charge in [0.15, 0.2) is 5.17 Å². The number of piperazine rings is 1. The molecule has 0 aliphatic carbocycles. The van der Waals surface area contributed by atoms with E-state index in [2.05, 4.69) is 41.1 Å². The first-order valence-corrected chi connectivity index (χ1v) is 10.4. The number of nitrogens with zero attached hydrogens (tertiary/aromatic N) is 3. The number of thioether (sulfide) groups is 1. The van der Waals surface area contributed by atoms with E-state index in [0.29, 0.717) is 15.6 Å². The van der Waals surface area contributed by atoms with Gasteiger partial charge in [-0.25, -0.2) is 0 Å². The van der Waals surface area contributed by atoms with Gasteiger partial charge in [-0.15, -0.1) is 0 Å². The summed E-state index contributed by atoms with van der Waals surface area (Å²) in [7, 11) is 0. The molecule has 0 saturated carbocycles. The first-order valence-electron chi connectivity index (χ1n) is 9.55. The zero-order valence-corrected chi connectivity index (χ0v) is 17.1. The fraction of sp³-hybridized carbons (Fsp3) is 0.238. The van der Waals surface area contributed by atoms with Gasteiger partial charge in [-0.1, -0.05) is 24.3 Å². The number of amidine groups is 1. The predicted molar refractivity (Wildman–Crippen MR) is 114 cm³/mol. The number of hydrogen-bond donors (Lipinski definition) is 1. The normalized spacial score (nSPS) is 18.7. The third kappa shape index (κ3) is 4.22. The maximum Gasteiger partial charge on any atom is 0.286 e. The fourth-order valence-corrected chi connectivity index (χ4v) is 4.54. The molecule has 0 bridgehead atoms. The summed E-state index contributed by atoms with van der Waals surface area (Å²) in [5, 5.41) is 23.2. The van der Waals surface area contributed by atoms with Crippen LogP contribution in [-0.4, -0.2) is 47.1 Å². The van der Waals surface area contributed by atoms with Gasteiger partial charge in [-0.2, -0.15) is 4.99 Å². The van der Waals surface area contributed by atoms with Crippen LogP contribution in [0.4, 0.5) is 11.4 Å². The number of nitro groups is 1. The molecule has 30 heavy (non-hydrogen) atoms. The Morgan fingerprint density at radius 1 is 1.20 bits per heavy atom. The minimum atomic E-state index is -0.716. The molecule has 2 aromatic carbocycles. The number of aryl methyl sites for hydroxylation is 1. The van der Waals surface area contributed by atoms with Gasteiger partial charge in [0.25, 0.3) is 11.6 Å². The van der Waals surface area contributed by atoms with Crippen molar-refractivity contribution < 1.29 is 19.7 Å². The average molecular weight is 424 g/mol. The summed E-state index contributed by atoms with van der Waals surface area (Å²) in [6, 6.07) is 12.3. The zero-order valence-electron chi connectivity index (χ0n) is 16.3. The Morgan fingerprint density at radius 2 is 1.97 bits per heavy atom. The predicted octanol–water partition coefficient (Wildman–Crippen LogP) is 1.48. The summed E-state index contributed by atoms with van der Waals surface area (Å²) >= 11 is 1.27. The van der Waals surface area contributed by atoms with Crippen molar-refractivity contribution in [2.45, 2.75) is 6.92 Å². The van der Waals surface area contributed by atoms with Crippen molar-refractivity contribution in [3.05, 3.63) is 68.6 Å². The van der Waals surface area contributed by atoms with Gasteiger partial charge >= 0.3 is 0 Å². The number of nitrogens with one attached hydrogen (secondary N) is 1. The number of benzene rings is 2. The molecule has 2 aromatic rings. The number of nitro benzene ring substituents is 1. The van der Waals surface area contributed by atoms with Crippen molar-refractivity contribution in [2.24, 2.45) is 4.99 Å². The van der Waals surface area contributed by atoms with E-state index < -0.39 is 16.4 Å². The molecule has 1 fully saturated rings. The van der Waals surface area contributed by atoms with Gasteiger partial charge in [0.1, 0.15) is 5.69 Å². The molecule has 1 amide bonds. The summed E-state index contributed by atoms with van der Waals surface area (Å²) in [4.78, 5) is 30.7. The van der Waals surface area contributed by atoms with Crippen molar-refractivity contribution >= 4 is 40.3 Å². The van der Waals surface area contributed by atoms with Crippen LogP contribution >= 0.6 is 11.8 Å². The van der Waals surface area contributed by atoms with Crippen LogP contribution < -0.4 is 10.0 Å². The Kier molecular flexibility index (Phi) is 5.56. The van der Waals surface area contributed by atoms with Gasteiger partial charge in [0.05, 0.1) is 36.0 Å². The minimum absolute atomic E-state index is 0.364. The average Bonchev–Trinajstić information content (AvgIpc) is 3.09. The number of rotatable bonds is 3. The molecule has 0 aromatic heterocycles. The molecule has 2 heterocycles. The molecule has 8 nitrogen and oxygen atoms in total. The SMILES string of the molecule is Cc1cccc([NH+]2CCN(C3=NC(=O)C(=Cc4ccc([O-])c([N+](=O)[O-])c4)S3)CC2)c1. The quantitative estimate of drug-likeness (QED) is 0.455. The molecule has 0 spiro atoms. The minimum Gasteiger partial charge on any atom is -0.868 e. The lowest BCUT2D eigenvalue weighted by Gasteiger charge is -2.32. The highest BCUT2D eigenvalue weighted by Crippen LogP contribution is 2.32. The lowest BCUT2D eigenvalue weighted by molar-refractivity contribution is -0.837. The van der Waals surface area contributed by atoms with E-state index in [9.17, 15) is 20.0 Å². The molecule has 0 unspecified atom stereocenters. The van der Waals surface area contributed by atoms with Crippen LogP contribution in [0.25, 0.3) is 6.08 Å². The van der Waals surface area contributed by atoms with E-state index in [0.717, 1.165) is 32.2 Å². The van der Waals surface area contributed by atoms with Gasteiger partial charge in [-0.3, -0.25) is 19.8 Å². The van der Waals surface area contributed by atoms with E-state index in [4.69, 9.17) is 0 Å².